The van der Waals surface area contributed by atoms with E-state index >= 15 is 0 Å². The number of aromatic nitrogens is 5. The fourth-order valence-corrected chi connectivity index (χ4v) is 5.94. The van der Waals surface area contributed by atoms with E-state index in [0.717, 1.165) is 18.5 Å². The Balaban J connectivity index is 1.33. The molecule has 3 aromatic rings. The fourth-order valence-electron chi connectivity index (χ4n) is 5.76. The molecule has 2 N–H and O–H groups in total. The number of aryl methyl sites for hydroxylation is 2. The number of benzene rings is 1. The molecule has 10 heteroatoms. The molecule has 2 aliphatic rings. The molecule has 2 aliphatic carbocycles. The van der Waals surface area contributed by atoms with Crippen LogP contribution in [-0.2, 0) is 19.7 Å². The quantitative estimate of drug-likeness (QED) is 0.570. The third-order valence-corrected chi connectivity index (χ3v) is 7.45. The van der Waals surface area contributed by atoms with Crippen LogP contribution in [0, 0.1) is 17.7 Å². The first kappa shape index (κ1) is 22.7. The van der Waals surface area contributed by atoms with Crippen LogP contribution in [0.25, 0.3) is 6.08 Å². The summed E-state index contributed by atoms with van der Waals surface area (Å²) in [5, 5.41) is 22.9. The largest absolute Gasteiger partial charge is 0.383 e. The molecule has 34 heavy (non-hydrogen) atoms. The van der Waals surface area contributed by atoms with Crippen LogP contribution < -0.4 is 5.32 Å². The zero-order valence-electron chi connectivity index (χ0n) is 19.0. The molecule has 178 valence electrons. The molecule has 5 rings (SSSR count). The molecule has 2 aromatic heterocycles. The van der Waals surface area contributed by atoms with Crippen molar-refractivity contribution >= 4 is 29.3 Å². The van der Waals surface area contributed by atoms with Gasteiger partial charge in [-0.2, -0.15) is 15.0 Å². The SMILES string of the molecule is C=Cc1nn(C)nc1C1(O)CC2CC(c3ncn(C)c3C(=O)Nc3ccc(F)c(Cl)c3)CC2C1. The highest BCUT2D eigenvalue weighted by atomic mass is 35.5. The molecule has 2 heterocycles. The highest BCUT2D eigenvalue weighted by molar-refractivity contribution is 6.31. The molecule has 0 radical (unpaired) electrons. The summed E-state index contributed by atoms with van der Waals surface area (Å²) in [6, 6.07) is 4.08. The molecular formula is C24H26ClFN6O2. The molecule has 1 amide bonds. The number of hydrogen-bond donors (Lipinski definition) is 2. The van der Waals surface area contributed by atoms with Gasteiger partial charge in [0.1, 0.15) is 28.5 Å². The minimum atomic E-state index is -1.02. The second-order valence-electron chi connectivity index (χ2n) is 9.43. The minimum Gasteiger partial charge on any atom is -0.383 e. The maximum Gasteiger partial charge on any atom is 0.274 e. The number of halogens is 2. The number of nitrogens with zero attached hydrogens (tertiary/aromatic N) is 5. The Morgan fingerprint density at radius 1 is 1.29 bits per heavy atom. The molecule has 0 spiro atoms. The zero-order chi connectivity index (χ0) is 24.2. The maximum absolute atomic E-state index is 13.5. The van der Waals surface area contributed by atoms with Crippen molar-refractivity contribution in [3.8, 4) is 0 Å². The lowest BCUT2D eigenvalue weighted by Crippen LogP contribution is -2.25. The van der Waals surface area contributed by atoms with Gasteiger partial charge in [0, 0.05) is 25.7 Å². The number of carbonyl (C=O) groups is 1. The van der Waals surface area contributed by atoms with Crippen molar-refractivity contribution in [1.29, 1.82) is 0 Å². The average Bonchev–Trinajstić information content (AvgIpc) is 3.52. The number of nitrogens with one attached hydrogen (secondary N) is 1. The molecule has 1 aromatic carbocycles. The molecule has 0 bridgehead atoms. The first-order valence-corrected chi connectivity index (χ1v) is 11.6. The number of rotatable bonds is 5. The summed E-state index contributed by atoms with van der Waals surface area (Å²) >= 11 is 5.85. The Kier molecular flexibility index (Phi) is 5.56. The van der Waals surface area contributed by atoms with Crippen molar-refractivity contribution < 1.29 is 14.3 Å². The molecule has 0 saturated heterocycles. The van der Waals surface area contributed by atoms with E-state index in [2.05, 4.69) is 27.1 Å². The standard InChI is InChI=1S/C24H26ClFN6O2/c1-4-19-22(30-32(3)29-19)24(34)10-14-7-13(8-15(14)11-24)20-21(31(2)12-27-20)23(33)28-16-5-6-18(26)17(25)9-16/h4-6,9,12-15,34H,1,7-8,10-11H2,2-3H3,(H,28,33). The second kappa shape index (κ2) is 8.32. The summed E-state index contributed by atoms with van der Waals surface area (Å²) < 4.78 is 15.2. The molecular weight excluding hydrogens is 459 g/mol. The van der Waals surface area contributed by atoms with Crippen LogP contribution in [0.4, 0.5) is 10.1 Å². The van der Waals surface area contributed by atoms with E-state index in [4.69, 9.17) is 11.6 Å². The Bertz CT molecular complexity index is 1270. The summed E-state index contributed by atoms with van der Waals surface area (Å²) in [5.74, 6) is -0.160. The topological polar surface area (TPSA) is 97.9 Å². The third-order valence-electron chi connectivity index (χ3n) is 7.16. The Morgan fingerprint density at radius 3 is 2.65 bits per heavy atom. The van der Waals surface area contributed by atoms with Crippen LogP contribution in [0.1, 0.15) is 59.2 Å². The van der Waals surface area contributed by atoms with Crippen LogP contribution >= 0.6 is 11.6 Å². The summed E-state index contributed by atoms with van der Waals surface area (Å²) in [4.78, 5) is 19.1. The third kappa shape index (κ3) is 3.82. The second-order valence-corrected chi connectivity index (χ2v) is 9.84. The van der Waals surface area contributed by atoms with Crippen molar-refractivity contribution in [2.45, 2.75) is 37.2 Å². The Labute approximate surface area is 201 Å². The van der Waals surface area contributed by atoms with E-state index in [0.29, 0.717) is 47.4 Å². The number of fused-ring (bicyclic) bond motifs is 1. The van der Waals surface area contributed by atoms with Crippen LogP contribution in [0.3, 0.4) is 0 Å². The lowest BCUT2D eigenvalue weighted by atomic mass is 9.89. The van der Waals surface area contributed by atoms with Crippen LogP contribution in [0.2, 0.25) is 5.02 Å². The molecule has 2 unspecified atom stereocenters. The number of imidazole rings is 1. The van der Waals surface area contributed by atoms with Crippen molar-refractivity contribution in [1.82, 2.24) is 24.5 Å². The lowest BCUT2D eigenvalue weighted by molar-refractivity contribution is 0.0293. The van der Waals surface area contributed by atoms with Gasteiger partial charge in [0.15, 0.2) is 0 Å². The smallest absolute Gasteiger partial charge is 0.274 e. The van der Waals surface area contributed by atoms with Crippen LogP contribution in [0.5, 0.6) is 0 Å². The Morgan fingerprint density at radius 2 is 2.00 bits per heavy atom. The van der Waals surface area contributed by atoms with Crippen molar-refractivity contribution in [2.75, 3.05) is 5.32 Å². The summed E-state index contributed by atoms with van der Waals surface area (Å²) in [7, 11) is 3.52. The monoisotopic (exact) mass is 484 g/mol. The van der Waals surface area contributed by atoms with Gasteiger partial charge in [-0.1, -0.05) is 18.2 Å². The molecule has 2 saturated carbocycles. The molecule has 8 nitrogen and oxygen atoms in total. The molecule has 0 aliphatic heterocycles. The van der Waals surface area contributed by atoms with E-state index in [1.807, 2.05) is 0 Å². The molecule has 2 fully saturated rings. The summed E-state index contributed by atoms with van der Waals surface area (Å²) in [5.41, 5.74) is 1.82. The van der Waals surface area contributed by atoms with Crippen molar-refractivity contribution in [3.63, 3.8) is 0 Å². The van der Waals surface area contributed by atoms with Gasteiger partial charge in [-0.25, -0.2) is 9.37 Å². The highest BCUT2D eigenvalue weighted by Gasteiger charge is 2.52. The van der Waals surface area contributed by atoms with E-state index in [-0.39, 0.29) is 16.8 Å². The van der Waals surface area contributed by atoms with E-state index in [1.54, 1.807) is 31.1 Å². The van der Waals surface area contributed by atoms with Gasteiger partial charge in [0.2, 0.25) is 0 Å². The normalized spacial score (nSPS) is 26.0. The van der Waals surface area contributed by atoms with Gasteiger partial charge in [-0.3, -0.25) is 4.79 Å². The predicted molar refractivity (Wildman–Crippen MR) is 126 cm³/mol. The zero-order valence-corrected chi connectivity index (χ0v) is 19.8. The lowest BCUT2D eigenvalue weighted by Gasteiger charge is -2.23. The van der Waals surface area contributed by atoms with E-state index in [1.165, 1.54) is 23.0 Å². The predicted octanol–water partition coefficient (Wildman–Crippen LogP) is 4.03. The van der Waals surface area contributed by atoms with Gasteiger partial charge in [-0.05, 0) is 61.8 Å². The number of aliphatic hydroxyl groups is 1. The fraction of sp³-hybridized carbons (Fsp3) is 0.417. The Hall–Kier alpha value is -3.04. The highest BCUT2D eigenvalue weighted by Crippen LogP contribution is 2.56. The number of anilines is 1. The number of hydrogen-bond acceptors (Lipinski definition) is 5. The van der Waals surface area contributed by atoms with Gasteiger partial charge in [0.05, 0.1) is 17.0 Å². The first-order valence-electron chi connectivity index (χ1n) is 11.2. The van der Waals surface area contributed by atoms with Crippen LogP contribution in [0.15, 0.2) is 31.1 Å². The van der Waals surface area contributed by atoms with Crippen molar-refractivity contribution in [2.24, 2.45) is 25.9 Å². The van der Waals surface area contributed by atoms with Gasteiger partial charge in [-0.15, -0.1) is 0 Å². The summed E-state index contributed by atoms with van der Waals surface area (Å²) in [6.07, 6.45) is 6.12. The maximum atomic E-state index is 13.5. The van der Waals surface area contributed by atoms with E-state index < -0.39 is 11.4 Å². The van der Waals surface area contributed by atoms with Gasteiger partial charge < -0.3 is 15.0 Å². The van der Waals surface area contributed by atoms with E-state index in [9.17, 15) is 14.3 Å². The average molecular weight is 485 g/mol. The number of carbonyl (C=O) groups excluding carboxylic acids is 1. The van der Waals surface area contributed by atoms with Crippen LogP contribution in [-0.4, -0.2) is 35.6 Å². The first-order chi connectivity index (χ1) is 16.2. The summed E-state index contributed by atoms with van der Waals surface area (Å²) in [6.45, 7) is 3.80. The van der Waals surface area contributed by atoms with Gasteiger partial charge >= 0.3 is 0 Å². The number of amides is 1. The van der Waals surface area contributed by atoms with Gasteiger partial charge in [0.25, 0.3) is 5.91 Å². The molecule has 2 atom stereocenters. The van der Waals surface area contributed by atoms with Crippen molar-refractivity contribution in [3.05, 3.63) is 64.7 Å². The minimum absolute atomic E-state index is 0.0538.